The molecule has 0 aliphatic carbocycles. The third-order valence-corrected chi connectivity index (χ3v) is 7.22. The summed E-state index contributed by atoms with van der Waals surface area (Å²) in [5, 5.41) is 0. The molecule has 2 fully saturated rings. The lowest BCUT2D eigenvalue weighted by Gasteiger charge is -2.39. The second-order valence-electron chi connectivity index (χ2n) is 9.12. The van der Waals surface area contributed by atoms with Crippen molar-refractivity contribution >= 4 is 5.91 Å². The monoisotopic (exact) mass is 425 g/mol. The second-order valence-corrected chi connectivity index (χ2v) is 9.12. The van der Waals surface area contributed by atoms with E-state index in [-0.39, 0.29) is 5.91 Å². The van der Waals surface area contributed by atoms with Gasteiger partial charge in [-0.1, -0.05) is 54.6 Å². The summed E-state index contributed by atoms with van der Waals surface area (Å²) in [5.41, 5.74) is 4.62. The van der Waals surface area contributed by atoms with Gasteiger partial charge in [-0.2, -0.15) is 0 Å². The third kappa shape index (κ3) is 3.44. The summed E-state index contributed by atoms with van der Waals surface area (Å²) in [4.78, 5) is 15.6. The largest absolute Gasteiger partial charge is 0.486 e. The van der Waals surface area contributed by atoms with Crippen LogP contribution in [0.4, 0.5) is 0 Å². The topological polar surface area (TPSA) is 38.8 Å². The van der Waals surface area contributed by atoms with Crippen LogP contribution in [0.15, 0.2) is 72.8 Å². The Morgan fingerprint density at radius 1 is 0.750 bits per heavy atom. The number of amides is 1. The Kier molecular flexibility index (Phi) is 4.86. The summed E-state index contributed by atoms with van der Waals surface area (Å²) in [6.45, 7) is 1.09. The molecule has 3 heterocycles. The van der Waals surface area contributed by atoms with Gasteiger partial charge in [-0.3, -0.25) is 4.79 Å². The maximum atomic E-state index is 13.5. The van der Waals surface area contributed by atoms with Gasteiger partial charge in [0.05, 0.1) is 0 Å². The third-order valence-electron chi connectivity index (χ3n) is 7.22. The molecule has 2 atom stereocenters. The minimum absolute atomic E-state index is 0.131. The van der Waals surface area contributed by atoms with Crippen molar-refractivity contribution in [2.75, 3.05) is 13.2 Å². The van der Waals surface area contributed by atoms with E-state index in [1.54, 1.807) is 0 Å². The van der Waals surface area contributed by atoms with Crippen LogP contribution >= 0.6 is 0 Å². The highest BCUT2D eigenvalue weighted by atomic mass is 16.6. The smallest absolute Gasteiger partial charge is 0.254 e. The zero-order valence-corrected chi connectivity index (χ0v) is 18.1. The lowest BCUT2D eigenvalue weighted by Crippen LogP contribution is -2.46. The van der Waals surface area contributed by atoms with Crippen LogP contribution in [0.5, 0.6) is 11.5 Å². The van der Waals surface area contributed by atoms with Gasteiger partial charge in [0.1, 0.15) is 13.2 Å². The zero-order valence-electron chi connectivity index (χ0n) is 18.1. The fourth-order valence-corrected chi connectivity index (χ4v) is 5.71. The van der Waals surface area contributed by atoms with E-state index in [4.69, 9.17) is 9.47 Å². The lowest BCUT2D eigenvalue weighted by molar-refractivity contribution is 0.0570. The molecular weight excluding hydrogens is 398 g/mol. The van der Waals surface area contributed by atoms with Crippen LogP contribution in [0.1, 0.15) is 47.5 Å². The van der Waals surface area contributed by atoms with Gasteiger partial charge in [0, 0.05) is 17.6 Å². The van der Waals surface area contributed by atoms with E-state index in [0.717, 1.165) is 31.4 Å². The summed E-state index contributed by atoms with van der Waals surface area (Å²) < 4.78 is 11.3. The number of piperidine rings is 1. The summed E-state index contributed by atoms with van der Waals surface area (Å²) in [7, 11) is 0. The molecule has 0 saturated carbocycles. The molecule has 162 valence electrons. The summed E-state index contributed by atoms with van der Waals surface area (Å²) in [6.07, 6.45) is 4.25. The van der Waals surface area contributed by atoms with E-state index >= 15 is 0 Å². The highest BCUT2D eigenvalue weighted by Crippen LogP contribution is 2.44. The molecule has 0 spiro atoms. The molecule has 2 bridgehead atoms. The van der Waals surface area contributed by atoms with Crippen molar-refractivity contribution in [2.24, 2.45) is 0 Å². The molecule has 2 unspecified atom stereocenters. The molecule has 3 aliphatic heterocycles. The van der Waals surface area contributed by atoms with Gasteiger partial charge in [0.25, 0.3) is 5.91 Å². The minimum atomic E-state index is 0.131. The van der Waals surface area contributed by atoms with Gasteiger partial charge in [-0.05, 0) is 66.5 Å². The van der Waals surface area contributed by atoms with E-state index in [1.165, 1.54) is 16.7 Å². The maximum absolute atomic E-state index is 13.5. The van der Waals surface area contributed by atoms with Crippen LogP contribution in [0.25, 0.3) is 11.1 Å². The number of ether oxygens (including phenoxy) is 2. The summed E-state index contributed by atoms with van der Waals surface area (Å²) in [5.74, 6) is 2.04. The molecule has 3 aromatic carbocycles. The van der Waals surface area contributed by atoms with Crippen molar-refractivity contribution < 1.29 is 14.3 Å². The molecule has 4 heteroatoms. The molecule has 0 N–H and O–H groups in total. The summed E-state index contributed by atoms with van der Waals surface area (Å²) >= 11 is 0. The Bertz CT molecular complexity index is 1130. The molecule has 6 rings (SSSR count). The predicted octanol–water partition coefficient (Wildman–Crippen LogP) is 5.68. The molecule has 3 aromatic rings. The van der Waals surface area contributed by atoms with Gasteiger partial charge in [0.15, 0.2) is 11.5 Å². The van der Waals surface area contributed by atoms with Crippen molar-refractivity contribution in [2.45, 2.75) is 43.7 Å². The molecule has 3 aliphatic rings. The van der Waals surface area contributed by atoms with E-state index in [9.17, 15) is 4.79 Å². The Labute approximate surface area is 188 Å². The maximum Gasteiger partial charge on any atom is 0.254 e. The first-order chi connectivity index (χ1) is 15.8. The van der Waals surface area contributed by atoms with Crippen LogP contribution < -0.4 is 9.47 Å². The van der Waals surface area contributed by atoms with Crippen LogP contribution in [0, 0.1) is 0 Å². The molecule has 0 aromatic heterocycles. The van der Waals surface area contributed by atoms with Crippen molar-refractivity contribution in [3.05, 3.63) is 83.9 Å². The zero-order chi connectivity index (χ0) is 21.5. The Hall–Kier alpha value is -3.27. The van der Waals surface area contributed by atoms with Crippen molar-refractivity contribution in [3.63, 3.8) is 0 Å². The van der Waals surface area contributed by atoms with Gasteiger partial charge in [-0.15, -0.1) is 0 Å². The quantitative estimate of drug-likeness (QED) is 0.542. The van der Waals surface area contributed by atoms with Crippen molar-refractivity contribution in [1.29, 1.82) is 0 Å². The number of rotatable bonds is 3. The fraction of sp³-hybridized carbons (Fsp3) is 0.321. The number of nitrogens with zero attached hydrogens (tertiary/aromatic N) is 1. The fourth-order valence-electron chi connectivity index (χ4n) is 5.71. The van der Waals surface area contributed by atoms with E-state index < -0.39 is 0 Å². The van der Waals surface area contributed by atoms with Crippen LogP contribution in [-0.4, -0.2) is 36.1 Å². The Balaban J connectivity index is 1.22. The first-order valence-electron chi connectivity index (χ1n) is 11.6. The average Bonchev–Trinajstić information content (AvgIpc) is 3.12. The van der Waals surface area contributed by atoms with Gasteiger partial charge in [0.2, 0.25) is 0 Å². The number of benzene rings is 3. The molecule has 32 heavy (non-hydrogen) atoms. The standard InChI is InChI=1S/C28H27NO3/c30-28(22-9-12-26-27(18-22)32-14-13-31-26)29-24-10-11-25(29)17-23(16-24)21-8-4-7-20(15-21)19-5-2-1-3-6-19/h1-9,12,15,18,23-25H,10-11,13-14,16-17H2. The van der Waals surface area contributed by atoms with E-state index in [2.05, 4.69) is 59.5 Å². The highest BCUT2D eigenvalue weighted by molar-refractivity contribution is 5.95. The first-order valence-corrected chi connectivity index (χ1v) is 11.6. The van der Waals surface area contributed by atoms with Gasteiger partial charge >= 0.3 is 0 Å². The van der Waals surface area contributed by atoms with Gasteiger partial charge in [-0.25, -0.2) is 0 Å². The minimum Gasteiger partial charge on any atom is -0.486 e. The van der Waals surface area contributed by atoms with E-state index in [1.807, 2.05) is 18.2 Å². The molecule has 1 amide bonds. The van der Waals surface area contributed by atoms with Crippen molar-refractivity contribution in [3.8, 4) is 22.6 Å². The molecular formula is C28H27NO3. The number of carbonyl (C=O) groups excluding carboxylic acids is 1. The second kappa shape index (κ2) is 8.01. The highest BCUT2D eigenvalue weighted by Gasteiger charge is 2.43. The normalized spacial score (nSPS) is 23.8. The van der Waals surface area contributed by atoms with Crippen LogP contribution in [0.2, 0.25) is 0 Å². The number of carbonyl (C=O) groups is 1. The number of hydrogen-bond acceptors (Lipinski definition) is 3. The van der Waals surface area contributed by atoms with E-state index in [0.29, 0.717) is 42.5 Å². The van der Waals surface area contributed by atoms with Crippen molar-refractivity contribution in [1.82, 2.24) is 4.90 Å². The Morgan fingerprint density at radius 2 is 1.47 bits per heavy atom. The number of fused-ring (bicyclic) bond motifs is 3. The number of hydrogen-bond donors (Lipinski definition) is 0. The molecule has 2 saturated heterocycles. The predicted molar refractivity (Wildman–Crippen MR) is 124 cm³/mol. The van der Waals surface area contributed by atoms with Crippen LogP contribution in [-0.2, 0) is 0 Å². The van der Waals surface area contributed by atoms with Crippen LogP contribution in [0.3, 0.4) is 0 Å². The molecule has 4 nitrogen and oxygen atoms in total. The SMILES string of the molecule is O=C(c1ccc2c(c1)OCCO2)N1C2CCC1CC(c1cccc(-c3ccccc3)c1)C2. The average molecular weight is 426 g/mol. The lowest BCUT2D eigenvalue weighted by atomic mass is 9.83. The summed E-state index contributed by atoms with van der Waals surface area (Å²) in [6, 6.07) is 25.7. The Morgan fingerprint density at radius 3 is 2.25 bits per heavy atom. The van der Waals surface area contributed by atoms with Gasteiger partial charge < -0.3 is 14.4 Å². The first kappa shape index (κ1) is 19.4. The molecule has 0 radical (unpaired) electrons.